The summed E-state index contributed by atoms with van der Waals surface area (Å²) < 4.78 is 27.0. The van der Waals surface area contributed by atoms with E-state index in [1.54, 1.807) is 0 Å². The summed E-state index contributed by atoms with van der Waals surface area (Å²) in [5, 5.41) is 14.3. The van der Waals surface area contributed by atoms with Gasteiger partial charge in [-0.15, -0.1) is 0 Å². The maximum atomic E-state index is 14.0. The van der Waals surface area contributed by atoms with Crippen molar-refractivity contribution in [2.24, 2.45) is 5.92 Å². The second-order valence-corrected chi connectivity index (χ2v) is 6.05. The summed E-state index contributed by atoms with van der Waals surface area (Å²) in [5.41, 5.74) is 0.0463. The molecule has 5 nitrogen and oxygen atoms in total. The minimum absolute atomic E-state index is 0.0463. The van der Waals surface area contributed by atoms with Crippen molar-refractivity contribution in [3.63, 3.8) is 0 Å². The molecule has 0 aliphatic heterocycles. The van der Waals surface area contributed by atoms with Crippen LogP contribution in [0.5, 0.6) is 0 Å². The Bertz CT molecular complexity index is 579. The number of amides is 2. The van der Waals surface area contributed by atoms with Gasteiger partial charge in [0.2, 0.25) is 11.8 Å². The Morgan fingerprint density at radius 3 is 2.38 bits per heavy atom. The Labute approximate surface area is 140 Å². The molecule has 0 spiro atoms. The molecule has 2 atom stereocenters. The van der Waals surface area contributed by atoms with Crippen molar-refractivity contribution in [1.82, 2.24) is 10.6 Å². The normalized spacial score (nSPS) is 13.5. The Balaban J connectivity index is 2.89. The van der Waals surface area contributed by atoms with Crippen molar-refractivity contribution in [3.05, 3.63) is 35.4 Å². The molecule has 24 heavy (non-hydrogen) atoms. The summed E-state index contributed by atoms with van der Waals surface area (Å²) in [6.45, 7) is 5.01. The first kappa shape index (κ1) is 20.0. The largest absolute Gasteiger partial charge is 0.396 e. The van der Waals surface area contributed by atoms with Crippen molar-refractivity contribution in [3.8, 4) is 0 Å². The zero-order chi connectivity index (χ0) is 18.3. The number of hydrogen-bond acceptors (Lipinski definition) is 3. The molecular formula is C17H24F2N2O3. The average molecular weight is 342 g/mol. The molecule has 0 aromatic heterocycles. The maximum Gasteiger partial charge on any atom is 0.222 e. The zero-order valence-electron chi connectivity index (χ0n) is 14.1. The van der Waals surface area contributed by atoms with Crippen molar-refractivity contribution >= 4 is 11.8 Å². The molecule has 2 amide bonds. The smallest absolute Gasteiger partial charge is 0.222 e. The van der Waals surface area contributed by atoms with Crippen LogP contribution >= 0.6 is 0 Å². The predicted molar refractivity (Wildman–Crippen MR) is 86.0 cm³/mol. The number of halogens is 2. The van der Waals surface area contributed by atoms with E-state index in [2.05, 4.69) is 10.6 Å². The van der Waals surface area contributed by atoms with E-state index < -0.39 is 23.6 Å². The summed E-state index contributed by atoms with van der Waals surface area (Å²) in [6.07, 6.45) is 0.218. The van der Waals surface area contributed by atoms with Gasteiger partial charge in [-0.2, -0.15) is 0 Å². The molecule has 134 valence electrons. The molecule has 0 radical (unpaired) electrons. The van der Waals surface area contributed by atoms with Crippen LogP contribution < -0.4 is 10.6 Å². The molecule has 1 rings (SSSR count). The highest BCUT2D eigenvalue weighted by molar-refractivity contribution is 5.79. The first-order chi connectivity index (χ1) is 11.2. The molecule has 3 N–H and O–H groups in total. The van der Waals surface area contributed by atoms with Crippen molar-refractivity contribution in [2.75, 3.05) is 6.61 Å². The van der Waals surface area contributed by atoms with E-state index in [-0.39, 0.29) is 36.5 Å². The monoisotopic (exact) mass is 342 g/mol. The molecule has 1 aromatic rings. The van der Waals surface area contributed by atoms with Gasteiger partial charge in [-0.1, -0.05) is 19.9 Å². The molecule has 0 fully saturated rings. The van der Waals surface area contributed by atoms with Crippen molar-refractivity contribution < 1.29 is 23.5 Å². The number of hydrogen-bond donors (Lipinski definition) is 3. The summed E-state index contributed by atoms with van der Waals surface area (Å²) in [6, 6.07) is 1.88. The Hall–Kier alpha value is -2.02. The lowest BCUT2D eigenvalue weighted by atomic mass is 9.99. The van der Waals surface area contributed by atoms with Crippen LogP contribution in [0.25, 0.3) is 0 Å². The zero-order valence-corrected chi connectivity index (χ0v) is 14.1. The first-order valence-electron chi connectivity index (χ1n) is 7.86. The van der Waals surface area contributed by atoms with Crippen LogP contribution in [0.15, 0.2) is 18.2 Å². The Kier molecular flexibility index (Phi) is 7.78. The van der Waals surface area contributed by atoms with E-state index in [1.807, 2.05) is 13.8 Å². The van der Waals surface area contributed by atoms with E-state index >= 15 is 0 Å². The van der Waals surface area contributed by atoms with Gasteiger partial charge < -0.3 is 15.7 Å². The summed E-state index contributed by atoms with van der Waals surface area (Å²) in [5.74, 6) is -2.25. The maximum absolute atomic E-state index is 14.0. The van der Waals surface area contributed by atoms with E-state index in [4.69, 9.17) is 5.11 Å². The lowest BCUT2D eigenvalue weighted by Crippen LogP contribution is -2.41. The lowest BCUT2D eigenvalue weighted by molar-refractivity contribution is -0.123. The van der Waals surface area contributed by atoms with Crippen LogP contribution in [-0.2, 0) is 9.59 Å². The highest BCUT2D eigenvalue weighted by Gasteiger charge is 2.23. The summed E-state index contributed by atoms with van der Waals surface area (Å²) in [4.78, 5) is 23.6. The number of nitrogens with one attached hydrogen (secondary N) is 2. The number of aliphatic hydroxyl groups is 1. The number of benzene rings is 1. The van der Waals surface area contributed by atoms with Crippen molar-refractivity contribution in [1.29, 1.82) is 0 Å². The molecule has 0 aliphatic rings. The third-order valence-electron chi connectivity index (χ3n) is 3.70. The number of aliphatic hydroxyl groups excluding tert-OH is 1. The molecular weight excluding hydrogens is 318 g/mol. The molecule has 0 saturated heterocycles. The fourth-order valence-electron chi connectivity index (χ4n) is 2.43. The number of rotatable bonds is 8. The average Bonchev–Trinajstić information content (AvgIpc) is 2.45. The van der Waals surface area contributed by atoms with Gasteiger partial charge in [0.15, 0.2) is 0 Å². The molecule has 7 heteroatoms. The predicted octanol–water partition coefficient (Wildman–Crippen LogP) is 2.06. The van der Waals surface area contributed by atoms with Crippen LogP contribution in [0.4, 0.5) is 8.78 Å². The summed E-state index contributed by atoms with van der Waals surface area (Å²) in [7, 11) is 0. The number of carbonyl (C=O) groups excluding carboxylic acids is 2. The third kappa shape index (κ3) is 6.23. The minimum Gasteiger partial charge on any atom is -0.396 e. The van der Waals surface area contributed by atoms with E-state index in [0.717, 1.165) is 6.07 Å². The second kappa shape index (κ2) is 9.32. The van der Waals surface area contributed by atoms with Gasteiger partial charge in [-0.25, -0.2) is 8.78 Å². The SMILES string of the molecule is CC(=O)NC(CC(=O)NC(CCO)C(C)C)c1ccc(F)cc1F. The highest BCUT2D eigenvalue weighted by Crippen LogP contribution is 2.21. The quantitative estimate of drug-likeness (QED) is 0.677. The van der Waals surface area contributed by atoms with Gasteiger partial charge in [-0.3, -0.25) is 9.59 Å². The van der Waals surface area contributed by atoms with Gasteiger partial charge in [0, 0.05) is 31.2 Å². The van der Waals surface area contributed by atoms with Crippen LogP contribution in [-0.4, -0.2) is 29.6 Å². The highest BCUT2D eigenvalue weighted by atomic mass is 19.1. The molecule has 1 aromatic carbocycles. The second-order valence-electron chi connectivity index (χ2n) is 6.05. The van der Waals surface area contributed by atoms with E-state index in [9.17, 15) is 18.4 Å². The summed E-state index contributed by atoms with van der Waals surface area (Å²) >= 11 is 0. The van der Waals surface area contributed by atoms with Gasteiger partial charge in [-0.05, 0) is 18.4 Å². The van der Waals surface area contributed by atoms with Crippen LogP contribution in [0.3, 0.4) is 0 Å². The molecule has 2 unspecified atom stereocenters. The lowest BCUT2D eigenvalue weighted by Gasteiger charge is -2.24. The topological polar surface area (TPSA) is 78.4 Å². The molecule has 0 saturated carbocycles. The van der Waals surface area contributed by atoms with E-state index in [0.29, 0.717) is 12.5 Å². The molecule has 0 bridgehead atoms. The van der Waals surface area contributed by atoms with Crippen LogP contribution in [0.2, 0.25) is 0 Å². The van der Waals surface area contributed by atoms with E-state index in [1.165, 1.54) is 13.0 Å². The third-order valence-corrected chi connectivity index (χ3v) is 3.70. The van der Waals surface area contributed by atoms with Gasteiger partial charge in [0.25, 0.3) is 0 Å². The van der Waals surface area contributed by atoms with Crippen LogP contribution in [0, 0.1) is 17.6 Å². The Morgan fingerprint density at radius 1 is 1.21 bits per heavy atom. The fraction of sp³-hybridized carbons (Fsp3) is 0.529. The fourth-order valence-corrected chi connectivity index (χ4v) is 2.43. The Morgan fingerprint density at radius 2 is 1.88 bits per heavy atom. The van der Waals surface area contributed by atoms with Gasteiger partial charge in [0.05, 0.1) is 12.5 Å². The van der Waals surface area contributed by atoms with Gasteiger partial charge >= 0.3 is 0 Å². The minimum atomic E-state index is -0.898. The standard InChI is InChI=1S/C17H24F2N2O3/c1-10(2)15(6-7-22)21-17(24)9-16(20-11(3)23)13-5-4-12(18)8-14(13)19/h4-5,8,10,15-16,22H,6-7,9H2,1-3H3,(H,20,23)(H,21,24). The van der Waals surface area contributed by atoms with Crippen molar-refractivity contribution in [2.45, 2.75) is 45.7 Å². The molecule has 0 aliphatic carbocycles. The number of carbonyl (C=O) groups is 2. The van der Waals surface area contributed by atoms with Gasteiger partial charge in [0.1, 0.15) is 11.6 Å². The molecule has 0 heterocycles. The first-order valence-corrected chi connectivity index (χ1v) is 7.86. The van der Waals surface area contributed by atoms with Crippen LogP contribution in [0.1, 0.15) is 45.2 Å².